The van der Waals surface area contributed by atoms with Crippen molar-refractivity contribution in [3.8, 4) is 0 Å². The number of nitrogens with one attached hydrogen (secondary N) is 4. The van der Waals surface area contributed by atoms with Crippen LogP contribution in [0.25, 0.3) is 0 Å². The number of ether oxygens (including phenoxy) is 1. The average Bonchev–Trinajstić information content (AvgIpc) is 1.84. The number of rotatable bonds is 34. The molecule has 0 spiro atoms. The van der Waals surface area contributed by atoms with Crippen molar-refractivity contribution >= 4 is 58.9 Å². The Kier molecular flexibility index (Phi) is 35.4. The van der Waals surface area contributed by atoms with Gasteiger partial charge >= 0.3 is 41.5 Å². The third kappa shape index (κ3) is 27.0. The topological polar surface area (TPSA) is 441 Å². The quantitative estimate of drug-likeness (QED) is 0.0166. The van der Waals surface area contributed by atoms with E-state index in [0.29, 0.717) is 64.5 Å². The van der Waals surface area contributed by atoms with Crippen molar-refractivity contribution < 1.29 is 92.8 Å². The maximum absolute atomic E-state index is 14.0. The van der Waals surface area contributed by atoms with Crippen LogP contribution in [0.3, 0.4) is 0 Å². The summed E-state index contributed by atoms with van der Waals surface area (Å²) in [7, 11) is 1.25. The number of carbonyl (C=O) groups is 10. The number of ketones is 2. The van der Waals surface area contributed by atoms with Crippen LogP contribution in [-0.4, -0.2) is 173 Å². The monoisotopic (exact) mass is 1380 g/mol. The second kappa shape index (κ2) is 40.8. The van der Waals surface area contributed by atoms with Crippen LogP contribution in [0.2, 0.25) is 0 Å². The summed E-state index contributed by atoms with van der Waals surface area (Å²) in [5.41, 5.74) is 35.4. The minimum atomic E-state index is -1.55. The predicted octanol–water partition coefficient (Wildman–Crippen LogP) is -0.0172. The molecule has 2 heterocycles. The van der Waals surface area contributed by atoms with Crippen molar-refractivity contribution in [1.82, 2.24) is 31.1 Å². The molecule has 2 fully saturated rings. The van der Waals surface area contributed by atoms with Gasteiger partial charge < -0.3 is 80.8 Å². The summed E-state index contributed by atoms with van der Waals surface area (Å²) in [5.74, 6) is -6.79. The summed E-state index contributed by atoms with van der Waals surface area (Å²) in [6.45, 7) is 12.1. The van der Waals surface area contributed by atoms with E-state index >= 15 is 0 Å². The molecule has 99 heavy (non-hydrogen) atoms. The van der Waals surface area contributed by atoms with Gasteiger partial charge in [-0.15, -0.1) is 0 Å². The van der Waals surface area contributed by atoms with Crippen molar-refractivity contribution in [2.75, 3.05) is 46.4 Å². The van der Waals surface area contributed by atoms with Gasteiger partial charge in [0.15, 0.2) is 11.6 Å². The average molecular weight is 1380 g/mol. The first-order chi connectivity index (χ1) is 45.8. The normalized spacial score (nSPS) is 18.3. The SMILES string of the molecule is CC(C)(C)[C@@H](CC(=O)[C@@H](Cc1ccccc1)NC(=O)[C@H](N)Cc1ccccc1)C(=O)N[C@H](CCCCN)C(=O)N1CCC(N)(C(=O)O)C1.COC(=O)C1(N)CCN(C(=O)[C@@H](CCCCN)NC(=O)[C@H](CC(=O)[C@@H](Cc2ccccc2)NC(=O)[C@H](N)Cc2ccccc2)C(C)(C)C)C1.[Na+].[OH-]. The van der Waals surface area contributed by atoms with E-state index in [1.807, 2.05) is 163 Å². The first-order valence-corrected chi connectivity index (χ1v) is 33.6. The Morgan fingerprint density at radius 2 is 0.788 bits per heavy atom. The third-order valence-electron chi connectivity index (χ3n) is 18.1. The molecule has 2 saturated heterocycles. The number of carboxylic acids is 1. The van der Waals surface area contributed by atoms with Crippen molar-refractivity contribution in [2.24, 2.45) is 57.1 Å². The summed E-state index contributed by atoms with van der Waals surface area (Å²) < 4.78 is 4.85. The molecule has 4 aromatic rings. The summed E-state index contributed by atoms with van der Waals surface area (Å²) in [5, 5.41) is 21.1. The van der Waals surface area contributed by atoms with E-state index < -0.39 is 111 Å². The van der Waals surface area contributed by atoms with Gasteiger partial charge in [0.1, 0.15) is 23.2 Å². The molecule has 10 atom stereocenters. The molecule has 2 aliphatic rings. The number of carbonyl (C=O) groups excluding carboxylic acids is 9. The zero-order valence-electron chi connectivity index (χ0n) is 59.1. The number of unbranched alkanes of at least 4 members (excludes halogenated alkanes) is 2. The molecule has 0 radical (unpaired) electrons. The summed E-state index contributed by atoms with van der Waals surface area (Å²) in [4.78, 5) is 137. The number of hydrogen-bond donors (Lipinski definition) is 11. The van der Waals surface area contributed by atoms with Crippen LogP contribution in [0.1, 0.15) is 128 Å². The van der Waals surface area contributed by atoms with Crippen LogP contribution >= 0.6 is 0 Å². The number of aliphatic carboxylic acids is 1. The largest absolute Gasteiger partial charge is 1.00 e. The minimum Gasteiger partial charge on any atom is -0.870 e. The van der Waals surface area contributed by atoms with Gasteiger partial charge in [0.25, 0.3) is 0 Å². The molecular weight excluding hydrogens is 1280 g/mol. The molecule has 6 rings (SSSR count). The van der Waals surface area contributed by atoms with Crippen LogP contribution in [0, 0.1) is 22.7 Å². The Morgan fingerprint density at radius 1 is 0.485 bits per heavy atom. The van der Waals surface area contributed by atoms with Gasteiger partial charge in [0.05, 0.1) is 31.3 Å². The number of benzene rings is 4. The van der Waals surface area contributed by atoms with Gasteiger partial charge in [-0.3, -0.25) is 43.2 Å². The zero-order chi connectivity index (χ0) is 71.7. The molecule has 538 valence electrons. The number of nitrogens with zero attached hydrogens (tertiary/aromatic N) is 2. The number of nitrogens with two attached hydrogens (primary N) is 6. The zero-order valence-corrected chi connectivity index (χ0v) is 61.1. The van der Waals surface area contributed by atoms with Gasteiger partial charge in [-0.2, -0.15) is 0 Å². The second-order valence-electron chi connectivity index (χ2n) is 28.1. The molecule has 26 heteroatoms. The van der Waals surface area contributed by atoms with Gasteiger partial charge in [0.2, 0.25) is 35.4 Å². The Morgan fingerprint density at radius 3 is 1.08 bits per heavy atom. The fourth-order valence-electron chi connectivity index (χ4n) is 12.0. The number of hydrogen-bond acceptors (Lipinski definition) is 18. The van der Waals surface area contributed by atoms with Gasteiger partial charge in [-0.05, 0) is 123 Å². The molecule has 25 nitrogen and oxygen atoms in total. The first kappa shape index (κ1) is 85.9. The summed E-state index contributed by atoms with van der Waals surface area (Å²) in [6, 6.07) is 31.8. The Bertz CT molecular complexity index is 3250. The van der Waals surface area contributed by atoms with Gasteiger partial charge in [-0.1, -0.05) is 163 Å². The van der Waals surface area contributed by atoms with Crippen molar-refractivity contribution in [2.45, 2.75) is 179 Å². The molecule has 2 aliphatic heterocycles. The molecule has 0 saturated carbocycles. The fourth-order valence-corrected chi connectivity index (χ4v) is 12.0. The van der Waals surface area contributed by atoms with E-state index in [1.54, 1.807) is 0 Å². The number of Topliss-reactive ketones (excluding diaryl/α,β-unsaturated/α-hetero) is 2. The molecule has 0 aromatic heterocycles. The third-order valence-corrected chi connectivity index (χ3v) is 18.1. The minimum absolute atomic E-state index is 0. The predicted molar refractivity (Wildman–Crippen MR) is 373 cm³/mol. The van der Waals surface area contributed by atoms with Crippen molar-refractivity contribution in [3.63, 3.8) is 0 Å². The summed E-state index contributed by atoms with van der Waals surface area (Å²) in [6.07, 6.45) is 4.01. The Hall–Kier alpha value is -7.30. The van der Waals surface area contributed by atoms with Crippen LogP contribution in [0.5, 0.6) is 0 Å². The maximum Gasteiger partial charge on any atom is 1.00 e. The van der Waals surface area contributed by atoms with Crippen molar-refractivity contribution in [1.29, 1.82) is 0 Å². The number of amides is 6. The number of likely N-dealkylation sites (tertiary alicyclic amines) is 2. The van der Waals surface area contributed by atoms with E-state index in [-0.39, 0.29) is 117 Å². The van der Waals surface area contributed by atoms with E-state index in [0.717, 1.165) is 22.3 Å². The van der Waals surface area contributed by atoms with Crippen LogP contribution in [0.4, 0.5) is 0 Å². The molecule has 4 aromatic carbocycles. The molecule has 18 N–H and O–H groups in total. The Labute approximate surface area is 605 Å². The molecular formula is C73H107N12NaO13. The standard InChI is InChI=1S/C37H54N6O6.C36H52N6O6.Na.H2O/c1-36(2,3)27(32(45)41-29(17-11-12-19-38)34(47)43-20-18-37(40,24-43)35(48)49-4)23-31(44)30(22-26-15-9-6-10-16-26)42-33(46)28(39)21-25-13-7-5-8-14-25;1-35(2,3)26(31(44)40-28(16-10-11-18-37)33(46)42-19-17-36(39,23-42)34(47)48)22-30(43)29(21-25-14-8-5-9-15-25)41-32(45)27(38)20-24-12-6-4-7-13-24;;/h5-10,13-16,27-30H,11-12,17-24,38-40H2,1-4H3,(H,41,45)(H,42,46);4-9,12-15,26-29H,10-11,16-23,37-39H2,1-3H3,(H,40,44)(H,41,45)(H,47,48);;1H2/q;;+1;/p-1/t27-,28+,29+,30+,37?;26-,27+,28+,29+,36?;;/m00../s1. The van der Waals surface area contributed by atoms with E-state index in [4.69, 9.17) is 39.1 Å². The smallest absolute Gasteiger partial charge is 0.870 e. The summed E-state index contributed by atoms with van der Waals surface area (Å²) >= 11 is 0. The Balaban J connectivity index is 0.000000505. The number of methoxy groups -OCH3 is 1. The van der Waals surface area contributed by atoms with E-state index in [9.17, 15) is 53.1 Å². The number of carboxylic acid groups (broad SMARTS) is 1. The van der Waals surface area contributed by atoms with Crippen LogP contribution in [0.15, 0.2) is 121 Å². The molecule has 2 unspecified atom stereocenters. The van der Waals surface area contributed by atoms with Crippen LogP contribution in [-0.2, 0) is 78.4 Å². The molecule has 0 bridgehead atoms. The second-order valence-corrected chi connectivity index (χ2v) is 28.1. The fraction of sp³-hybridized carbons (Fsp3) is 0.534. The van der Waals surface area contributed by atoms with Crippen molar-refractivity contribution in [3.05, 3.63) is 144 Å². The maximum atomic E-state index is 14.0. The van der Waals surface area contributed by atoms with Gasteiger partial charge in [0, 0.05) is 50.9 Å². The van der Waals surface area contributed by atoms with Gasteiger partial charge in [-0.25, -0.2) is 4.79 Å². The first-order valence-electron chi connectivity index (χ1n) is 33.6. The molecule has 0 aliphatic carbocycles. The van der Waals surface area contributed by atoms with Crippen LogP contribution < -0.4 is 85.2 Å². The van der Waals surface area contributed by atoms with E-state index in [1.165, 1.54) is 16.9 Å². The molecule has 6 amide bonds. The number of esters is 1. The van der Waals surface area contributed by atoms with E-state index in [2.05, 4.69) is 21.3 Å².